The quantitative estimate of drug-likeness (QED) is 0.193. The normalized spacial score (nSPS) is 14.2. The summed E-state index contributed by atoms with van der Waals surface area (Å²) in [5.74, 6) is 0.549. The fraction of sp³-hybridized carbons (Fsp3) is 0.471. The molecule has 1 heterocycles. The summed E-state index contributed by atoms with van der Waals surface area (Å²) in [5.41, 5.74) is 7.63. The van der Waals surface area contributed by atoms with Crippen LogP contribution in [-0.2, 0) is 6.42 Å². The van der Waals surface area contributed by atoms with E-state index in [4.69, 9.17) is 9.40 Å². The minimum atomic E-state index is -0.875. The van der Waals surface area contributed by atoms with Crippen molar-refractivity contribution in [3.8, 4) is 11.5 Å². The van der Waals surface area contributed by atoms with Crippen molar-refractivity contribution in [2.45, 2.75) is 105 Å². The molecule has 0 bridgehead atoms. The average molecular weight is 516 g/mol. The van der Waals surface area contributed by atoms with Crippen molar-refractivity contribution in [1.29, 1.82) is 0 Å². The summed E-state index contributed by atoms with van der Waals surface area (Å²) in [4.78, 5) is 18.0. The van der Waals surface area contributed by atoms with Gasteiger partial charge in [0.05, 0.1) is 5.60 Å². The topological polar surface area (TPSA) is 63.3 Å². The number of aliphatic hydroxyl groups is 1. The van der Waals surface area contributed by atoms with Crippen LogP contribution in [0.4, 0.5) is 0 Å². The fourth-order valence-corrected chi connectivity index (χ4v) is 4.82. The first kappa shape index (κ1) is 29.6. The van der Waals surface area contributed by atoms with Crippen molar-refractivity contribution >= 4 is 11.1 Å². The minimum Gasteiger partial charge on any atom is -0.452 e. The lowest BCUT2D eigenvalue weighted by Gasteiger charge is -2.23. The van der Waals surface area contributed by atoms with E-state index in [0.717, 1.165) is 48.9 Å². The molecular formula is C34H45NO3. The molecule has 38 heavy (non-hydrogen) atoms. The van der Waals surface area contributed by atoms with Crippen LogP contribution in [0.3, 0.4) is 0 Å². The first-order chi connectivity index (χ1) is 18.0. The van der Waals surface area contributed by atoms with Gasteiger partial charge in [0.2, 0.25) is 0 Å². The van der Waals surface area contributed by atoms with Crippen LogP contribution >= 0.6 is 0 Å². The number of para-hydroxylation sites is 2. The Morgan fingerprint density at radius 2 is 1.55 bits per heavy atom. The smallest absolute Gasteiger partial charge is 0.188 e. The number of nitrogens with zero attached hydrogens (tertiary/aromatic N) is 1. The fourth-order valence-electron chi connectivity index (χ4n) is 4.82. The van der Waals surface area contributed by atoms with Gasteiger partial charge in [-0.2, -0.15) is 0 Å². The molecule has 0 spiro atoms. The van der Waals surface area contributed by atoms with Gasteiger partial charge in [-0.3, -0.25) is 4.79 Å². The lowest BCUT2D eigenvalue weighted by Crippen LogP contribution is -2.27. The molecule has 0 saturated carbocycles. The summed E-state index contributed by atoms with van der Waals surface area (Å²) in [5, 5.41) is 11.1. The molecule has 2 aliphatic rings. The molecule has 1 N–H and O–H groups in total. The maximum absolute atomic E-state index is 13.2. The Labute approximate surface area is 228 Å². The molecule has 1 aliphatic carbocycles. The van der Waals surface area contributed by atoms with E-state index in [9.17, 15) is 9.90 Å². The van der Waals surface area contributed by atoms with Gasteiger partial charge in [0.1, 0.15) is 11.2 Å². The lowest BCUT2D eigenvalue weighted by molar-refractivity contribution is 0.0431. The third kappa shape index (κ3) is 8.01. The van der Waals surface area contributed by atoms with E-state index in [1.54, 1.807) is 0 Å². The Morgan fingerprint density at radius 3 is 2.24 bits per heavy atom. The first-order valence-corrected chi connectivity index (χ1v) is 14.0. The van der Waals surface area contributed by atoms with Crippen LogP contribution in [0.15, 0.2) is 68.4 Å². The summed E-state index contributed by atoms with van der Waals surface area (Å²) in [6.07, 6.45) is 13.6. The van der Waals surface area contributed by atoms with Gasteiger partial charge in [0.15, 0.2) is 16.8 Å². The maximum Gasteiger partial charge on any atom is 0.188 e. The molecule has 0 amide bonds. The second kappa shape index (κ2) is 13.2. The molecule has 1 aliphatic heterocycles. The zero-order valence-electron chi connectivity index (χ0n) is 24.4. The molecule has 1 aromatic rings. The highest BCUT2D eigenvalue weighted by atomic mass is 16.3. The molecule has 3 rings (SSSR count). The van der Waals surface area contributed by atoms with E-state index >= 15 is 0 Å². The van der Waals surface area contributed by atoms with Gasteiger partial charge in [-0.25, -0.2) is 4.98 Å². The second-order valence-corrected chi connectivity index (χ2v) is 11.4. The summed E-state index contributed by atoms with van der Waals surface area (Å²) < 4.78 is 6.20. The zero-order valence-corrected chi connectivity index (χ0v) is 24.4. The van der Waals surface area contributed by atoms with Crippen LogP contribution in [-0.4, -0.2) is 15.7 Å². The van der Waals surface area contributed by atoms with Crippen molar-refractivity contribution in [3.63, 3.8) is 0 Å². The average Bonchev–Trinajstić information content (AvgIpc) is 2.86. The Balaban J connectivity index is 1.61. The first-order valence-electron chi connectivity index (χ1n) is 14.0. The highest BCUT2D eigenvalue weighted by Crippen LogP contribution is 2.32. The van der Waals surface area contributed by atoms with E-state index in [1.165, 1.54) is 16.7 Å². The molecule has 0 fully saturated rings. The zero-order chi connectivity index (χ0) is 27.9. The van der Waals surface area contributed by atoms with Gasteiger partial charge in [-0.15, -0.1) is 0 Å². The second-order valence-electron chi connectivity index (χ2n) is 11.4. The Bertz CT molecular complexity index is 1370. The van der Waals surface area contributed by atoms with E-state index in [2.05, 4.69) is 45.9 Å². The van der Waals surface area contributed by atoms with Crippen LogP contribution in [0.2, 0.25) is 0 Å². The Morgan fingerprint density at radius 1 is 0.921 bits per heavy atom. The van der Waals surface area contributed by atoms with E-state index < -0.39 is 5.60 Å². The Hall–Kier alpha value is -2.98. The molecule has 0 radical (unpaired) electrons. The van der Waals surface area contributed by atoms with Crippen molar-refractivity contribution in [1.82, 2.24) is 4.98 Å². The van der Waals surface area contributed by atoms with E-state index in [-0.39, 0.29) is 5.43 Å². The predicted octanol–water partition coefficient (Wildman–Crippen LogP) is 8.79. The maximum atomic E-state index is 13.2. The van der Waals surface area contributed by atoms with Crippen LogP contribution in [0.1, 0.15) is 96.3 Å². The van der Waals surface area contributed by atoms with Gasteiger partial charge >= 0.3 is 0 Å². The van der Waals surface area contributed by atoms with Crippen molar-refractivity contribution in [2.75, 3.05) is 0 Å². The molecule has 0 saturated heterocycles. The third-order valence-electron chi connectivity index (χ3n) is 7.54. The molecule has 4 nitrogen and oxygen atoms in total. The standard InChI is InChI=1S/C34H45NO3/c1-23(2)13-10-14-24(3)15-11-16-25(4)17-12-21-34(7,37)22-20-28-32(36)27(6)26(5)31-33(28)38-30-19-9-8-18-29(30)35-31/h8-9,13,15,17-19,37H,10-12,14,16,20-22H2,1-7H3. The van der Waals surface area contributed by atoms with Crippen LogP contribution in [0.25, 0.3) is 22.6 Å². The number of hydrogen-bond acceptors (Lipinski definition) is 4. The van der Waals surface area contributed by atoms with Crippen molar-refractivity contribution in [3.05, 3.63) is 86.1 Å². The van der Waals surface area contributed by atoms with Crippen LogP contribution < -0.4 is 5.43 Å². The van der Waals surface area contributed by atoms with E-state index in [1.807, 2.05) is 45.0 Å². The van der Waals surface area contributed by atoms with Crippen LogP contribution in [0, 0.1) is 13.8 Å². The highest BCUT2D eigenvalue weighted by Gasteiger charge is 2.26. The molecule has 204 valence electrons. The lowest BCUT2D eigenvalue weighted by atomic mass is 9.89. The Kier molecular flexibility index (Phi) is 10.3. The minimum absolute atomic E-state index is 0.00781. The highest BCUT2D eigenvalue weighted by molar-refractivity contribution is 5.78. The van der Waals surface area contributed by atoms with Gasteiger partial charge in [-0.1, -0.05) is 47.1 Å². The van der Waals surface area contributed by atoms with E-state index in [0.29, 0.717) is 41.7 Å². The number of allylic oxidation sites excluding steroid dienone is 6. The number of benzene rings is 2. The monoisotopic (exact) mass is 515 g/mol. The number of aromatic nitrogens is 1. The summed E-state index contributed by atoms with van der Waals surface area (Å²) in [6.45, 7) is 14.3. The molecule has 0 aromatic heterocycles. The van der Waals surface area contributed by atoms with Gasteiger partial charge in [0, 0.05) is 11.1 Å². The molecule has 1 aromatic carbocycles. The number of rotatable bonds is 12. The number of hydrogen-bond donors (Lipinski definition) is 1. The van der Waals surface area contributed by atoms with Gasteiger partial charge in [0.25, 0.3) is 0 Å². The molecule has 4 heteroatoms. The predicted molar refractivity (Wildman–Crippen MR) is 160 cm³/mol. The van der Waals surface area contributed by atoms with Crippen molar-refractivity contribution in [2.24, 2.45) is 0 Å². The summed E-state index contributed by atoms with van der Waals surface area (Å²) in [7, 11) is 0. The SMILES string of the molecule is CC(C)=CCCC(C)=CCCC(C)=CCCC(C)(O)CCc1c2oc3ccccc3nc-2c(C)c(C)c1=O. The third-order valence-corrected chi connectivity index (χ3v) is 7.54. The van der Waals surface area contributed by atoms with Crippen molar-refractivity contribution < 1.29 is 9.52 Å². The summed E-state index contributed by atoms with van der Waals surface area (Å²) >= 11 is 0. The molecule has 1 unspecified atom stereocenters. The number of fused-ring (bicyclic) bond motifs is 2. The van der Waals surface area contributed by atoms with Gasteiger partial charge < -0.3 is 9.52 Å². The summed E-state index contributed by atoms with van der Waals surface area (Å²) in [6, 6.07) is 7.63. The largest absolute Gasteiger partial charge is 0.452 e. The molecule has 1 atom stereocenters. The van der Waals surface area contributed by atoms with Gasteiger partial charge in [-0.05, 0) is 118 Å². The molecular weight excluding hydrogens is 470 g/mol. The van der Waals surface area contributed by atoms with Crippen LogP contribution in [0.5, 0.6) is 0 Å².